The van der Waals surface area contributed by atoms with E-state index in [2.05, 4.69) is 35.6 Å². The van der Waals surface area contributed by atoms with Crippen molar-refractivity contribution in [3.63, 3.8) is 0 Å². The van der Waals surface area contributed by atoms with Crippen LogP contribution in [0.5, 0.6) is 5.75 Å². The van der Waals surface area contributed by atoms with E-state index in [4.69, 9.17) is 20.6 Å². The van der Waals surface area contributed by atoms with Crippen LogP contribution in [0.4, 0.5) is 11.5 Å². The zero-order chi connectivity index (χ0) is 19.9. The number of benzene rings is 1. The first-order valence-electron chi connectivity index (χ1n) is 9.73. The van der Waals surface area contributed by atoms with Crippen molar-refractivity contribution in [1.29, 1.82) is 5.41 Å². The Morgan fingerprint density at radius 2 is 1.93 bits per heavy atom. The smallest absolute Gasteiger partial charge is 0.132 e. The number of ether oxygens (including phenoxy) is 2. The first kappa shape index (κ1) is 18.7. The van der Waals surface area contributed by atoms with Gasteiger partial charge in [-0.05, 0) is 51.8 Å². The van der Waals surface area contributed by atoms with E-state index in [-0.39, 0.29) is 23.5 Å². The van der Waals surface area contributed by atoms with E-state index in [1.165, 1.54) is 6.33 Å². The van der Waals surface area contributed by atoms with Gasteiger partial charge in [-0.2, -0.15) is 0 Å². The fourth-order valence-electron chi connectivity index (χ4n) is 3.54. The van der Waals surface area contributed by atoms with E-state index in [0.29, 0.717) is 16.9 Å². The molecule has 2 fully saturated rings. The van der Waals surface area contributed by atoms with Crippen LogP contribution in [-0.4, -0.2) is 46.6 Å². The van der Waals surface area contributed by atoms with Gasteiger partial charge < -0.3 is 20.1 Å². The van der Waals surface area contributed by atoms with Crippen LogP contribution in [0.15, 0.2) is 30.6 Å². The van der Waals surface area contributed by atoms with Gasteiger partial charge in [-0.15, -0.1) is 0 Å². The summed E-state index contributed by atoms with van der Waals surface area (Å²) in [6.45, 7) is 7.73. The van der Waals surface area contributed by atoms with Crippen LogP contribution in [-0.2, 0) is 4.74 Å². The van der Waals surface area contributed by atoms with Gasteiger partial charge in [0, 0.05) is 30.4 Å². The molecule has 2 unspecified atom stereocenters. The molecule has 1 aliphatic carbocycles. The maximum Gasteiger partial charge on any atom is 0.132 e. The highest BCUT2D eigenvalue weighted by Crippen LogP contribution is 2.40. The second-order valence-electron chi connectivity index (χ2n) is 8.10. The topological polar surface area (TPSA) is 97.4 Å². The third-order valence-electron chi connectivity index (χ3n) is 5.26. The SMILES string of the molecule is CC1CN(c2cc(C(=N)c3cc(OC4(C)CC4)ccc3N)ncn2)CC(C)O1. The van der Waals surface area contributed by atoms with Crippen LogP contribution in [0.25, 0.3) is 0 Å². The standard InChI is InChI=1S/C21H27N5O2/c1-13-10-26(11-14(2)27-13)19-9-18(24-12-25-19)20(23)16-8-15(4-5-17(16)22)28-21(3)6-7-21/h4-5,8-9,12-14,23H,6-7,10-11,22H2,1-3H3. The molecule has 2 aromatic rings. The summed E-state index contributed by atoms with van der Waals surface area (Å²) < 4.78 is 11.8. The molecule has 2 aliphatic rings. The molecule has 148 valence electrons. The molecule has 7 nitrogen and oxygen atoms in total. The van der Waals surface area contributed by atoms with Gasteiger partial charge in [0.15, 0.2) is 0 Å². The lowest BCUT2D eigenvalue weighted by molar-refractivity contribution is -0.00546. The Bertz CT molecular complexity index is 886. The van der Waals surface area contributed by atoms with Crippen molar-refractivity contribution in [2.45, 2.75) is 51.4 Å². The maximum absolute atomic E-state index is 8.68. The van der Waals surface area contributed by atoms with Crippen molar-refractivity contribution < 1.29 is 9.47 Å². The largest absolute Gasteiger partial charge is 0.488 e. The highest BCUT2D eigenvalue weighted by molar-refractivity contribution is 6.13. The highest BCUT2D eigenvalue weighted by Gasteiger charge is 2.40. The lowest BCUT2D eigenvalue weighted by Crippen LogP contribution is -2.45. The molecule has 1 saturated carbocycles. The quantitative estimate of drug-likeness (QED) is 0.610. The van der Waals surface area contributed by atoms with Crippen molar-refractivity contribution in [3.8, 4) is 5.75 Å². The number of anilines is 2. The molecule has 28 heavy (non-hydrogen) atoms. The lowest BCUT2D eigenvalue weighted by atomic mass is 10.0. The molecular weight excluding hydrogens is 354 g/mol. The van der Waals surface area contributed by atoms with E-state index >= 15 is 0 Å². The summed E-state index contributed by atoms with van der Waals surface area (Å²) in [4.78, 5) is 10.9. The van der Waals surface area contributed by atoms with Gasteiger partial charge in [0.2, 0.25) is 0 Å². The number of rotatable bonds is 5. The van der Waals surface area contributed by atoms with Crippen LogP contribution in [0, 0.1) is 5.41 Å². The molecule has 1 aromatic heterocycles. The van der Waals surface area contributed by atoms with Crippen LogP contribution < -0.4 is 15.4 Å². The number of hydrogen-bond donors (Lipinski definition) is 2. The Morgan fingerprint density at radius 1 is 1.21 bits per heavy atom. The number of aromatic nitrogens is 2. The summed E-state index contributed by atoms with van der Waals surface area (Å²) in [5, 5.41) is 8.68. The Morgan fingerprint density at radius 3 is 2.61 bits per heavy atom. The number of nitrogen functional groups attached to an aromatic ring is 1. The Labute approximate surface area is 165 Å². The third-order valence-corrected chi connectivity index (χ3v) is 5.26. The Balaban J connectivity index is 1.59. The zero-order valence-corrected chi connectivity index (χ0v) is 16.6. The van der Waals surface area contributed by atoms with Crippen molar-refractivity contribution >= 4 is 17.2 Å². The average Bonchev–Trinajstić information content (AvgIpc) is 3.39. The molecule has 0 spiro atoms. The molecule has 4 rings (SSSR count). The van der Waals surface area contributed by atoms with Crippen LogP contribution in [0.2, 0.25) is 0 Å². The summed E-state index contributed by atoms with van der Waals surface area (Å²) >= 11 is 0. The first-order valence-corrected chi connectivity index (χ1v) is 9.73. The lowest BCUT2D eigenvalue weighted by Gasteiger charge is -2.36. The van der Waals surface area contributed by atoms with Gasteiger partial charge >= 0.3 is 0 Å². The molecule has 0 amide bonds. The van der Waals surface area contributed by atoms with Gasteiger partial charge in [-0.1, -0.05) is 0 Å². The summed E-state index contributed by atoms with van der Waals surface area (Å²) in [5.41, 5.74) is 8.04. The van der Waals surface area contributed by atoms with Crippen LogP contribution in [0.1, 0.15) is 44.9 Å². The minimum absolute atomic E-state index is 0.0820. The fourth-order valence-corrected chi connectivity index (χ4v) is 3.54. The van der Waals surface area contributed by atoms with Crippen molar-refractivity contribution in [1.82, 2.24) is 9.97 Å². The van der Waals surface area contributed by atoms with E-state index < -0.39 is 0 Å². The number of morpholine rings is 1. The second kappa shape index (κ2) is 7.05. The number of nitrogens with one attached hydrogen (secondary N) is 1. The molecule has 1 aromatic carbocycles. The highest BCUT2D eigenvalue weighted by atomic mass is 16.5. The van der Waals surface area contributed by atoms with Gasteiger partial charge in [-0.3, -0.25) is 5.41 Å². The van der Waals surface area contributed by atoms with Gasteiger partial charge in [0.25, 0.3) is 0 Å². The number of nitrogens with zero attached hydrogens (tertiary/aromatic N) is 3. The first-order chi connectivity index (χ1) is 13.3. The van der Waals surface area contributed by atoms with Crippen molar-refractivity contribution in [2.75, 3.05) is 23.7 Å². The molecule has 0 bridgehead atoms. The predicted octanol–water partition coefficient (Wildman–Crippen LogP) is 3.02. The Hall–Kier alpha value is -2.67. The second-order valence-corrected chi connectivity index (χ2v) is 8.10. The molecule has 0 radical (unpaired) electrons. The number of nitrogens with two attached hydrogens (primary N) is 1. The summed E-state index contributed by atoms with van der Waals surface area (Å²) in [6, 6.07) is 7.33. The fraction of sp³-hybridized carbons (Fsp3) is 0.476. The Kier molecular flexibility index (Phi) is 4.71. The van der Waals surface area contributed by atoms with Gasteiger partial charge in [0.05, 0.1) is 23.6 Å². The third kappa shape index (κ3) is 3.94. The van der Waals surface area contributed by atoms with Crippen molar-refractivity contribution in [3.05, 3.63) is 41.9 Å². The summed E-state index contributed by atoms with van der Waals surface area (Å²) in [6.07, 6.45) is 3.88. The monoisotopic (exact) mass is 381 g/mol. The minimum Gasteiger partial charge on any atom is -0.488 e. The molecule has 2 atom stereocenters. The van der Waals surface area contributed by atoms with Crippen LogP contribution >= 0.6 is 0 Å². The summed E-state index contributed by atoms with van der Waals surface area (Å²) in [5.74, 6) is 1.53. The van der Waals surface area contributed by atoms with E-state index in [1.807, 2.05) is 18.2 Å². The average molecular weight is 381 g/mol. The van der Waals surface area contributed by atoms with Gasteiger partial charge in [0.1, 0.15) is 23.5 Å². The molecule has 7 heteroatoms. The minimum atomic E-state index is -0.0820. The molecule has 1 aliphatic heterocycles. The van der Waals surface area contributed by atoms with Crippen molar-refractivity contribution in [2.24, 2.45) is 0 Å². The van der Waals surface area contributed by atoms with E-state index in [0.717, 1.165) is 37.5 Å². The van der Waals surface area contributed by atoms with E-state index in [1.54, 1.807) is 6.07 Å². The maximum atomic E-state index is 8.68. The summed E-state index contributed by atoms with van der Waals surface area (Å²) in [7, 11) is 0. The number of hydrogen-bond acceptors (Lipinski definition) is 7. The van der Waals surface area contributed by atoms with Crippen LogP contribution in [0.3, 0.4) is 0 Å². The molecular formula is C21H27N5O2. The molecule has 3 N–H and O–H groups in total. The molecule has 1 saturated heterocycles. The zero-order valence-electron chi connectivity index (χ0n) is 16.6. The molecule has 2 heterocycles. The van der Waals surface area contributed by atoms with E-state index in [9.17, 15) is 0 Å². The predicted molar refractivity (Wildman–Crippen MR) is 109 cm³/mol. The normalized spacial score (nSPS) is 23.3. The van der Waals surface area contributed by atoms with Gasteiger partial charge in [-0.25, -0.2) is 9.97 Å².